The molecule has 5 heteroatoms. The zero-order valence-electron chi connectivity index (χ0n) is 10.2. The standard InChI is InChI=1S/C12H21N5/c13-10-4-2-6-17-12(10)15-11(16-17)7-9-3-1-5-14-8-9/h9-10,14H,1-8,13H2. The summed E-state index contributed by atoms with van der Waals surface area (Å²) in [6.45, 7) is 3.25. The molecule has 0 aliphatic carbocycles. The number of aromatic nitrogens is 3. The van der Waals surface area contributed by atoms with Crippen LogP contribution in [-0.2, 0) is 13.0 Å². The van der Waals surface area contributed by atoms with Crippen molar-refractivity contribution >= 4 is 0 Å². The summed E-state index contributed by atoms with van der Waals surface area (Å²) in [5, 5.41) is 8.03. The van der Waals surface area contributed by atoms with E-state index in [0.717, 1.165) is 50.5 Å². The Morgan fingerprint density at radius 2 is 2.29 bits per heavy atom. The van der Waals surface area contributed by atoms with Crippen molar-refractivity contribution in [2.75, 3.05) is 13.1 Å². The fourth-order valence-corrected chi connectivity index (χ4v) is 2.87. The van der Waals surface area contributed by atoms with Crippen molar-refractivity contribution in [3.05, 3.63) is 11.6 Å². The molecule has 94 valence electrons. The van der Waals surface area contributed by atoms with Gasteiger partial charge in [-0.1, -0.05) is 0 Å². The summed E-state index contributed by atoms with van der Waals surface area (Å²) >= 11 is 0. The maximum absolute atomic E-state index is 6.06. The van der Waals surface area contributed by atoms with Crippen molar-refractivity contribution < 1.29 is 0 Å². The average molecular weight is 235 g/mol. The number of hydrogen-bond donors (Lipinski definition) is 2. The Labute approximate surface area is 102 Å². The van der Waals surface area contributed by atoms with Crippen LogP contribution in [-0.4, -0.2) is 27.9 Å². The molecule has 1 aromatic rings. The van der Waals surface area contributed by atoms with Gasteiger partial charge in [-0.25, -0.2) is 9.67 Å². The molecule has 2 atom stereocenters. The average Bonchev–Trinajstić information content (AvgIpc) is 2.74. The predicted molar refractivity (Wildman–Crippen MR) is 65.5 cm³/mol. The van der Waals surface area contributed by atoms with Crippen LogP contribution in [0.1, 0.15) is 43.4 Å². The van der Waals surface area contributed by atoms with Crippen LogP contribution in [0.15, 0.2) is 0 Å². The van der Waals surface area contributed by atoms with Gasteiger partial charge >= 0.3 is 0 Å². The molecule has 1 aromatic heterocycles. The zero-order valence-corrected chi connectivity index (χ0v) is 10.2. The third kappa shape index (κ3) is 2.35. The lowest BCUT2D eigenvalue weighted by Crippen LogP contribution is -2.31. The zero-order chi connectivity index (χ0) is 11.7. The molecule has 0 aromatic carbocycles. The van der Waals surface area contributed by atoms with Crippen molar-refractivity contribution in [2.45, 2.75) is 44.7 Å². The van der Waals surface area contributed by atoms with Gasteiger partial charge in [-0.05, 0) is 44.7 Å². The Hall–Kier alpha value is -0.940. The van der Waals surface area contributed by atoms with E-state index in [9.17, 15) is 0 Å². The first-order chi connectivity index (χ1) is 8.33. The molecule has 0 saturated carbocycles. The highest BCUT2D eigenvalue weighted by molar-refractivity contribution is 5.02. The third-order valence-electron chi connectivity index (χ3n) is 3.83. The third-order valence-corrected chi connectivity index (χ3v) is 3.83. The van der Waals surface area contributed by atoms with Gasteiger partial charge in [0.15, 0.2) is 5.82 Å². The van der Waals surface area contributed by atoms with Crippen LogP contribution in [0, 0.1) is 5.92 Å². The monoisotopic (exact) mass is 235 g/mol. The van der Waals surface area contributed by atoms with Crippen molar-refractivity contribution in [1.29, 1.82) is 0 Å². The molecule has 2 aliphatic rings. The van der Waals surface area contributed by atoms with Gasteiger partial charge in [0, 0.05) is 13.0 Å². The number of fused-ring (bicyclic) bond motifs is 1. The number of nitrogens with one attached hydrogen (secondary N) is 1. The topological polar surface area (TPSA) is 68.8 Å². The molecule has 1 fully saturated rings. The van der Waals surface area contributed by atoms with E-state index in [1.54, 1.807) is 0 Å². The van der Waals surface area contributed by atoms with Gasteiger partial charge in [0.25, 0.3) is 0 Å². The van der Waals surface area contributed by atoms with Crippen LogP contribution in [0.3, 0.4) is 0 Å². The molecule has 0 radical (unpaired) electrons. The highest BCUT2D eigenvalue weighted by Crippen LogP contribution is 2.22. The van der Waals surface area contributed by atoms with Gasteiger partial charge in [-0.15, -0.1) is 0 Å². The van der Waals surface area contributed by atoms with Crippen LogP contribution in [0.2, 0.25) is 0 Å². The van der Waals surface area contributed by atoms with Gasteiger partial charge in [-0.2, -0.15) is 5.10 Å². The minimum atomic E-state index is 0.0921. The van der Waals surface area contributed by atoms with Gasteiger partial charge in [0.1, 0.15) is 5.82 Å². The maximum Gasteiger partial charge on any atom is 0.151 e. The summed E-state index contributed by atoms with van der Waals surface area (Å²) in [5.74, 6) is 2.69. The predicted octanol–water partition coefficient (Wildman–Crippen LogP) is 0.614. The number of nitrogens with zero attached hydrogens (tertiary/aromatic N) is 3. The lowest BCUT2D eigenvalue weighted by atomic mass is 9.96. The largest absolute Gasteiger partial charge is 0.321 e. The number of aryl methyl sites for hydroxylation is 1. The second-order valence-corrected chi connectivity index (χ2v) is 5.27. The van der Waals surface area contributed by atoms with Crippen molar-refractivity contribution in [3.8, 4) is 0 Å². The number of piperidine rings is 1. The summed E-state index contributed by atoms with van der Waals surface area (Å²) < 4.78 is 2.01. The Bertz CT molecular complexity index is 380. The maximum atomic E-state index is 6.06. The van der Waals surface area contributed by atoms with E-state index in [0.29, 0.717) is 5.92 Å². The van der Waals surface area contributed by atoms with E-state index in [-0.39, 0.29) is 6.04 Å². The second-order valence-electron chi connectivity index (χ2n) is 5.27. The molecule has 3 rings (SSSR count). The van der Waals surface area contributed by atoms with Gasteiger partial charge in [-0.3, -0.25) is 0 Å². The highest BCUT2D eigenvalue weighted by atomic mass is 15.4. The summed E-state index contributed by atoms with van der Waals surface area (Å²) in [4.78, 5) is 4.62. The SMILES string of the molecule is NC1CCCn2nc(CC3CCCNC3)nc21. The molecule has 2 unspecified atom stereocenters. The molecular formula is C12H21N5. The Morgan fingerprint density at radius 1 is 1.35 bits per heavy atom. The van der Waals surface area contributed by atoms with Crippen LogP contribution >= 0.6 is 0 Å². The summed E-state index contributed by atoms with van der Waals surface area (Å²) in [5.41, 5.74) is 6.06. The van der Waals surface area contributed by atoms with E-state index in [2.05, 4.69) is 15.4 Å². The van der Waals surface area contributed by atoms with Crippen LogP contribution in [0.5, 0.6) is 0 Å². The normalized spacial score (nSPS) is 29.0. The lowest BCUT2D eigenvalue weighted by Gasteiger charge is -2.21. The minimum absolute atomic E-state index is 0.0921. The molecule has 0 amide bonds. The quantitative estimate of drug-likeness (QED) is 0.788. The molecule has 0 bridgehead atoms. The molecule has 3 heterocycles. The van der Waals surface area contributed by atoms with E-state index >= 15 is 0 Å². The van der Waals surface area contributed by atoms with Gasteiger partial charge in [0.05, 0.1) is 6.04 Å². The molecule has 3 N–H and O–H groups in total. The second kappa shape index (κ2) is 4.74. The van der Waals surface area contributed by atoms with Crippen LogP contribution in [0.25, 0.3) is 0 Å². The molecular weight excluding hydrogens is 214 g/mol. The van der Waals surface area contributed by atoms with Gasteiger partial charge < -0.3 is 11.1 Å². The van der Waals surface area contributed by atoms with E-state index in [1.807, 2.05) is 4.68 Å². The first-order valence-electron chi connectivity index (χ1n) is 6.73. The van der Waals surface area contributed by atoms with Gasteiger partial charge in [0.2, 0.25) is 0 Å². The van der Waals surface area contributed by atoms with Crippen LogP contribution < -0.4 is 11.1 Å². The molecule has 2 aliphatic heterocycles. The number of hydrogen-bond acceptors (Lipinski definition) is 4. The van der Waals surface area contributed by atoms with Crippen molar-refractivity contribution in [2.24, 2.45) is 11.7 Å². The smallest absolute Gasteiger partial charge is 0.151 e. The fraction of sp³-hybridized carbons (Fsp3) is 0.833. The van der Waals surface area contributed by atoms with E-state index in [1.165, 1.54) is 12.8 Å². The molecule has 0 spiro atoms. The molecule has 17 heavy (non-hydrogen) atoms. The Balaban J connectivity index is 1.71. The van der Waals surface area contributed by atoms with Crippen LogP contribution in [0.4, 0.5) is 0 Å². The fourth-order valence-electron chi connectivity index (χ4n) is 2.87. The first-order valence-corrected chi connectivity index (χ1v) is 6.73. The lowest BCUT2D eigenvalue weighted by molar-refractivity contribution is 0.369. The van der Waals surface area contributed by atoms with Crippen molar-refractivity contribution in [3.63, 3.8) is 0 Å². The van der Waals surface area contributed by atoms with E-state index in [4.69, 9.17) is 5.73 Å². The Kier molecular flexibility index (Phi) is 3.11. The summed E-state index contributed by atoms with van der Waals surface area (Å²) in [7, 11) is 0. The Morgan fingerprint density at radius 3 is 3.06 bits per heavy atom. The molecule has 1 saturated heterocycles. The number of rotatable bonds is 2. The molecule has 5 nitrogen and oxygen atoms in total. The highest BCUT2D eigenvalue weighted by Gasteiger charge is 2.22. The van der Waals surface area contributed by atoms with E-state index < -0.39 is 0 Å². The first kappa shape index (κ1) is 11.2. The summed E-state index contributed by atoms with van der Waals surface area (Å²) in [6, 6.07) is 0.0921. The minimum Gasteiger partial charge on any atom is -0.321 e. The number of nitrogens with two attached hydrogens (primary N) is 1. The van der Waals surface area contributed by atoms with Crippen molar-refractivity contribution in [1.82, 2.24) is 20.1 Å². The summed E-state index contributed by atoms with van der Waals surface area (Å²) in [6.07, 6.45) is 5.74.